The largest absolute Gasteiger partial charge is 0.493 e. The van der Waals surface area contributed by atoms with E-state index in [1.54, 1.807) is 24.3 Å². The van der Waals surface area contributed by atoms with Gasteiger partial charge in [0, 0.05) is 24.1 Å². The van der Waals surface area contributed by atoms with Gasteiger partial charge in [-0.05, 0) is 46.7 Å². The van der Waals surface area contributed by atoms with Gasteiger partial charge in [0.1, 0.15) is 0 Å². The Morgan fingerprint density at radius 2 is 1.90 bits per heavy atom. The van der Waals surface area contributed by atoms with Crippen molar-refractivity contribution in [2.24, 2.45) is 0 Å². The summed E-state index contributed by atoms with van der Waals surface area (Å²) in [5.74, 6) is -1.83. The minimum absolute atomic E-state index is 0.146. The third-order valence-electron chi connectivity index (χ3n) is 4.69. The minimum atomic E-state index is -1.03. The molecule has 0 bridgehead atoms. The van der Waals surface area contributed by atoms with Crippen LogP contribution < -0.4 is 10.1 Å². The van der Waals surface area contributed by atoms with Gasteiger partial charge in [-0.1, -0.05) is 23.4 Å². The number of halogens is 2. The lowest BCUT2D eigenvalue weighted by molar-refractivity contribution is 0.0954. The second kappa shape index (κ2) is 8.24. The van der Waals surface area contributed by atoms with Gasteiger partial charge >= 0.3 is 0 Å². The van der Waals surface area contributed by atoms with Crippen molar-refractivity contribution in [1.82, 2.24) is 25.9 Å². The Hall–Kier alpha value is -3.88. The Morgan fingerprint density at radius 3 is 2.67 bits per heavy atom. The van der Waals surface area contributed by atoms with Gasteiger partial charge in [0.15, 0.2) is 17.4 Å². The van der Waals surface area contributed by atoms with Gasteiger partial charge in [0.2, 0.25) is 5.82 Å². The van der Waals surface area contributed by atoms with Crippen molar-refractivity contribution in [1.29, 1.82) is 0 Å². The molecule has 4 rings (SSSR count). The zero-order valence-electron chi connectivity index (χ0n) is 15.9. The Morgan fingerprint density at radius 1 is 1.10 bits per heavy atom. The molecule has 2 N–H and O–H groups in total. The van der Waals surface area contributed by atoms with Gasteiger partial charge in [-0.15, -0.1) is 10.2 Å². The Kier molecular flexibility index (Phi) is 5.34. The van der Waals surface area contributed by atoms with E-state index >= 15 is 0 Å². The zero-order chi connectivity index (χ0) is 21.1. The zero-order valence-corrected chi connectivity index (χ0v) is 15.9. The Balaban J connectivity index is 1.55. The highest BCUT2D eigenvalue weighted by atomic mass is 19.2. The summed E-state index contributed by atoms with van der Waals surface area (Å²) < 4.78 is 32.6. The summed E-state index contributed by atoms with van der Waals surface area (Å²) in [5.41, 5.74) is 1.63. The summed E-state index contributed by atoms with van der Waals surface area (Å²) >= 11 is 0. The Bertz CT molecular complexity index is 1210. The number of aromatic amines is 1. The van der Waals surface area contributed by atoms with E-state index in [0.717, 1.165) is 16.8 Å². The predicted octanol–water partition coefficient (Wildman–Crippen LogP) is 3.28. The first kappa shape index (κ1) is 19.4. The van der Waals surface area contributed by atoms with Gasteiger partial charge in [-0.25, -0.2) is 4.39 Å². The van der Waals surface area contributed by atoms with Gasteiger partial charge < -0.3 is 10.1 Å². The van der Waals surface area contributed by atoms with Crippen molar-refractivity contribution >= 4 is 16.7 Å². The molecular weight excluding hydrogens is 392 g/mol. The van der Waals surface area contributed by atoms with Crippen LogP contribution in [-0.2, 0) is 6.42 Å². The number of nitrogens with one attached hydrogen (secondary N) is 2. The van der Waals surface area contributed by atoms with Crippen molar-refractivity contribution in [3.8, 4) is 16.9 Å². The number of fused-ring (bicyclic) bond motifs is 1. The lowest BCUT2D eigenvalue weighted by Gasteiger charge is -2.11. The van der Waals surface area contributed by atoms with Crippen LogP contribution in [0, 0.1) is 11.6 Å². The molecule has 0 spiro atoms. The minimum Gasteiger partial charge on any atom is -0.493 e. The predicted molar refractivity (Wildman–Crippen MR) is 106 cm³/mol. The number of carbonyl (C=O) groups is 1. The molecule has 0 saturated carbocycles. The third-order valence-corrected chi connectivity index (χ3v) is 4.69. The molecule has 0 aliphatic carbocycles. The fourth-order valence-corrected chi connectivity index (χ4v) is 3.19. The molecule has 9 heteroatoms. The summed E-state index contributed by atoms with van der Waals surface area (Å²) in [7, 11) is 1.30. The number of benzene rings is 3. The molecule has 0 radical (unpaired) electrons. The van der Waals surface area contributed by atoms with Crippen molar-refractivity contribution in [3.05, 3.63) is 71.6 Å². The summed E-state index contributed by atoms with van der Waals surface area (Å²) in [6.45, 7) is 0.380. The van der Waals surface area contributed by atoms with E-state index in [2.05, 4.69) is 25.9 Å². The molecule has 0 saturated heterocycles. The molecule has 7 nitrogen and oxygen atoms in total. The standard InChI is InChI=1S/C21H17F2N5O2/c1-30-20-16(6-7-17(22)19(20)23)14-4-2-13-11-15(5-3-12(13)10-14)21(29)24-9-8-18-25-27-28-26-18/h2-7,10-11H,8-9H2,1H3,(H,24,29)(H,25,26,27,28). The van der Waals surface area contributed by atoms with Crippen molar-refractivity contribution in [2.45, 2.75) is 6.42 Å². The van der Waals surface area contributed by atoms with E-state index in [1.165, 1.54) is 13.2 Å². The second-order valence-corrected chi connectivity index (χ2v) is 6.55. The average Bonchev–Trinajstić information content (AvgIpc) is 3.28. The molecule has 0 aliphatic rings. The van der Waals surface area contributed by atoms with E-state index in [0.29, 0.717) is 35.5 Å². The summed E-state index contributed by atoms with van der Waals surface area (Å²) in [5, 5.41) is 18.0. The number of hydrogen-bond acceptors (Lipinski definition) is 5. The van der Waals surface area contributed by atoms with Crippen molar-refractivity contribution in [3.63, 3.8) is 0 Å². The Labute approximate surface area is 170 Å². The number of nitrogens with zero attached hydrogens (tertiary/aromatic N) is 3. The monoisotopic (exact) mass is 409 g/mol. The van der Waals surface area contributed by atoms with Crippen LogP contribution >= 0.6 is 0 Å². The quantitative estimate of drug-likeness (QED) is 0.510. The molecule has 30 heavy (non-hydrogen) atoms. The van der Waals surface area contributed by atoms with Crippen LogP contribution in [0.2, 0.25) is 0 Å². The number of carbonyl (C=O) groups excluding carboxylic acids is 1. The topological polar surface area (TPSA) is 92.8 Å². The molecule has 4 aromatic rings. The molecule has 1 heterocycles. The van der Waals surface area contributed by atoms with Crippen LogP contribution in [-0.4, -0.2) is 40.2 Å². The van der Waals surface area contributed by atoms with Crippen molar-refractivity contribution < 1.29 is 18.3 Å². The molecule has 0 aliphatic heterocycles. The van der Waals surface area contributed by atoms with E-state index in [-0.39, 0.29) is 11.7 Å². The van der Waals surface area contributed by atoms with Crippen LogP contribution in [0.4, 0.5) is 8.78 Å². The van der Waals surface area contributed by atoms with E-state index < -0.39 is 11.6 Å². The van der Waals surface area contributed by atoms with Gasteiger partial charge in [-0.3, -0.25) is 4.79 Å². The summed E-state index contributed by atoms with van der Waals surface area (Å²) in [4.78, 5) is 12.4. The number of methoxy groups -OCH3 is 1. The van der Waals surface area contributed by atoms with Crippen LogP contribution in [0.5, 0.6) is 5.75 Å². The van der Waals surface area contributed by atoms with Gasteiger partial charge in [-0.2, -0.15) is 9.60 Å². The van der Waals surface area contributed by atoms with E-state index in [1.807, 2.05) is 12.1 Å². The summed E-state index contributed by atoms with van der Waals surface area (Å²) in [6, 6.07) is 13.3. The fourth-order valence-electron chi connectivity index (χ4n) is 3.19. The number of amides is 1. The van der Waals surface area contributed by atoms with Crippen LogP contribution in [0.3, 0.4) is 0 Å². The number of ether oxygens (including phenoxy) is 1. The average molecular weight is 409 g/mol. The number of hydrogen-bond donors (Lipinski definition) is 2. The number of tetrazole rings is 1. The maximum absolute atomic E-state index is 14.0. The highest BCUT2D eigenvalue weighted by Crippen LogP contribution is 2.35. The van der Waals surface area contributed by atoms with Crippen molar-refractivity contribution in [2.75, 3.05) is 13.7 Å². The smallest absolute Gasteiger partial charge is 0.251 e. The second-order valence-electron chi connectivity index (χ2n) is 6.55. The lowest BCUT2D eigenvalue weighted by Crippen LogP contribution is -2.25. The third kappa shape index (κ3) is 3.82. The fraction of sp³-hybridized carbons (Fsp3) is 0.143. The first-order valence-corrected chi connectivity index (χ1v) is 9.13. The first-order chi connectivity index (χ1) is 14.6. The molecular formula is C21H17F2N5O2. The number of rotatable bonds is 6. The van der Waals surface area contributed by atoms with Gasteiger partial charge in [0.05, 0.1) is 7.11 Å². The molecule has 0 fully saturated rings. The summed E-state index contributed by atoms with van der Waals surface area (Å²) in [6.07, 6.45) is 0.468. The molecule has 152 valence electrons. The van der Waals surface area contributed by atoms with Gasteiger partial charge in [0.25, 0.3) is 5.91 Å². The number of aromatic nitrogens is 4. The van der Waals surface area contributed by atoms with E-state index in [9.17, 15) is 13.6 Å². The maximum Gasteiger partial charge on any atom is 0.251 e. The SMILES string of the molecule is COc1c(-c2ccc3cc(C(=O)NCCc4nn[nH]n4)ccc3c2)ccc(F)c1F. The number of H-pyrrole nitrogens is 1. The van der Waals surface area contributed by atoms with Crippen LogP contribution in [0.25, 0.3) is 21.9 Å². The highest BCUT2D eigenvalue weighted by molar-refractivity contribution is 5.99. The normalized spacial score (nSPS) is 10.9. The first-order valence-electron chi connectivity index (χ1n) is 9.13. The molecule has 3 aromatic carbocycles. The molecule has 1 amide bonds. The molecule has 1 aromatic heterocycles. The highest BCUT2D eigenvalue weighted by Gasteiger charge is 2.16. The lowest BCUT2D eigenvalue weighted by atomic mass is 9.99. The molecule has 0 unspecified atom stereocenters. The van der Waals surface area contributed by atoms with Crippen LogP contribution in [0.1, 0.15) is 16.2 Å². The maximum atomic E-state index is 14.0. The van der Waals surface area contributed by atoms with Crippen LogP contribution in [0.15, 0.2) is 48.5 Å². The van der Waals surface area contributed by atoms with E-state index in [4.69, 9.17) is 4.74 Å². The molecule has 0 atom stereocenters.